The molecule has 10 heteroatoms. The number of hydrogen-bond acceptors (Lipinski definition) is 5. The summed E-state index contributed by atoms with van der Waals surface area (Å²) < 4.78 is 36.9. The molecule has 0 spiro atoms. The van der Waals surface area contributed by atoms with Gasteiger partial charge in [0.25, 0.3) is 5.69 Å². The Morgan fingerprint density at radius 1 is 1.55 bits per heavy atom. The fourth-order valence-electron chi connectivity index (χ4n) is 1.56. The number of alkyl halides is 3. The lowest BCUT2D eigenvalue weighted by atomic mass is 10.1. The molecule has 0 atom stereocenters. The van der Waals surface area contributed by atoms with Gasteiger partial charge >= 0.3 is 6.18 Å². The van der Waals surface area contributed by atoms with Crippen molar-refractivity contribution in [2.45, 2.75) is 6.18 Å². The summed E-state index contributed by atoms with van der Waals surface area (Å²) in [4.78, 5) is 10.8. The van der Waals surface area contributed by atoms with Crippen LogP contribution in [-0.4, -0.2) is 35.7 Å². The van der Waals surface area contributed by atoms with Crippen molar-refractivity contribution in [3.63, 3.8) is 0 Å². The van der Waals surface area contributed by atoms with E-state index in [1.165, 1.54) is 6.07 Å². The zero-order valence-electron chi connectivity index (χ0n) is 10.3. The van der Waals surface area contributed by atoms with Crippen LogP contribution in [-0.2, 0) is 0 Å². The Labute approximate surface area is 111 Å². The molecule has 110 valence electrons. The number of nitrogens with two attached hydrogens (primary N) is 1. The van der Waals surface area contributed by atoms with Crippen LogP contribution in [0.4, 0.5) is 24.5 Å². The van der Waals surface area contributed by atoms with Gasteiger partial charge in [-0.3, -0.25) is 10.1 Å². The van der Waals surface area contributed by atoms with Crippen LogP contribution in [0.5, 0.6) is 0 Å². The van der Waals surface area contributed by atoms with Crippen molar-refractivity contribution in [3.8, 4) is 0 Å². The number of anilines is 1. The van der Waals surface area contributed by atoms with Crippen molar-refractivity contribution >= 4 is 17.2 Å². The molecule has 7 nitrogen and oxygen atoms in total. The first-order chi connectivity index (χ1) is 9.15. The number of nitro benzene ring substituents is 1. The molecule has 0 aliphatic rings. The summed E-state index contributed by atoms with van der Waals surface area (Å²) in [5, 5.41) is 22.1. The standard InChI is InChI=1S/C10H11F3N4O3/c1-16(5-10(11,12)13)7-3-2-6(9(14)15-18)4-8(7)17(19)20/h2-4,18H,5H2,1H3,(H2,14,15). The van der Waals surface area contributed by atoms with E-state index in [9.17, 15) is 23.3 Å². The molecule has 0 unspecified atom stereocenters. The predicted molar refractivity (Wildman–Crippen MR) is 64.9 cm³/mol. The number of hydrogen-bond donors (Lipinski definition) is 2. The minimum Gasteiger partial charge on any atom is -0.409 e. The van der Waals surface area contributed by atoms with Crippen molar-refractivity contribution in [1.29, 1.82) is 0 Å². The Hall–Kier alpha value is -2.52. The predicted octanol–water partition coefficient (Wildman–Crippen LogP) is 1.69. The van der Waals surface area contributed by atoms with E-state index in [1.54, 1.807) is 0 Å². The van der Waals surface area contributed by atoms with Crippen LogP contribution < -0.4 is 10.6 Å². The Kier molecular flexibility index (Phi) is 4.38. The van der Waals surface area contributed by atoms with E-state index in [0.717, 1.165) is 19.2 Å². The molecule has 1 rings (SSSR count). The average molecular weight is 292 g/mol. The van der Waals surface area contributed by atoms with Crippen molar-refractivity contribution < 1.29 is 23.3 Å². The first-order valence-electron chi connectivity index (χ1n) is 5.20. The lowest BCUT2D eigenvalue weighted by Crippen LogP contribution is -2.31. The Bertz CT molecular complexity index is 545. The van der Waals surface area contributed by atoms with E-state index in [4.69, 9.17) is 10.9 Å². The zero-order valence-corrected chi connectivity index (χ0v) is 10.3. The van der Waals surface area contributed by atoms with Gasteiger partial charge in [0.05, 0.1) is 4.92 Å². The van der Waals surface area contributed by atoms with E-state index < -0.39 is 23.3 Å². The third kappa shape index (κ3) is 3.73. The summed E-state index contributed by atoms with van der Waals surface area (Å²) >= 11 is 0. The van der Waals surface area contributed by atoms with Crippen molar-refractivity contribution in [1.82, 2.24) is 0 Å². The highest BCUT2D eigenvalue weighted by Gasteiger charge is 2.31. The minimum absolute atomic E-state index is 0.0309. The summed E-state index contributed by atoms with van der Waals surface area (Å²) in [5.41, 5.74) is 4.52. The maximum atomic E-state index is 12.3. The van der Waals surface area contributed by atoms with Crippen LogP contribution in [0.25, 0.3) is 0 Å². The number of amidine groups is 1. The van der Waals surface area contributed by atoms with E-state index in [2.05, 4.69) is 5.16 Å². The topological polar surface area (TPSA) is 105 Å². The average Bonchev–Trinajstić information content (AvgIpc) is 2.34. The van der Waals surface area contributed by atoms with Gasteiger partial charge in [0.1, 0.15) is 12.2 Å². The van der Waals surface area contributed by atoms with Gasteiger partial charge in [-0.2, -0.15) is 13.2 Å². The van der Waals surface area contributed by atoms with E-state index in [0.29, 0.717) is 4.90 Å². The highest BCUT2D eigenvalue weighted by atomic mass is 19.4. The summed E-state index contributed by atoms with van der Waals surface area (Å²) in [6, 6.07) is 3.28. The van der Waals surface area contributed by atoms with Crippen LogP contribution in [0.15, 0.2) is 23.4 Å². The molecule has 3 N–H and O–H groups in total. The zero-order chi connectivity index (χ0) is 15.5. The molecule has 1 aromatic carbocycles. The molecule has 0 amide bonds. The van der Waals surface area contributed by atoms with Gasteiger partial charge in [-0.25, -0.2) is 0 Å². The summed E-state index contributed by atoms with van der Waals surface area (Å²) in [7, 11) is 1.08. The molecule has 1 aromatic rings. The molecule has 0 bridgehead atoms. The number of rotatable bonds is 4. The molecule has 0 radical (unpaired) electrons. The van der Waals surface area contributed by atoms with Gasteiger partial charge < -0.3 is 15.8 Å². The Balaban J connectivity index is 3.24. The van der Waals surface area contributed by atoms with Gasteiger partial charge in [0.2, 0.25) is 0 Å². The molecule has 0 saturated heterocycles. The Morgan fingerprint density at radius 2 is 2.15 bits per heavy atom. The molecule has 0 saturated carbocycles. The third-order valence-corrected chi connectivity index (χ3v) is 2.40. The first kappa shape index (κ1) is 15.5. The highest BCUT2D eigenvalue weighted by molar-refractivity contribution is 5.98. The van der Waals surface area contributed by atoms with Crippen LogP contribution in [0.1, 0.15) is 5.56 Å². The molecule has 20 heavy (non-hydrogen) atoms. The SMILES string of the molecule is CN(CC(F)(F)F)c1ccc(C(N)=NO)cc1[N+](=O)[O-]. The molecule has 0 aliphatic carbocycles. The highest BCUT2D eigenvalue weighted by Crippen LogP contribution is 2.30. The maximum absolute atomic E-state index is 12.3. The van der Waals surface area contributed by atoms with Crippen LogP contribution in [0, 0.1) is 10.1 Å². The molecule has 0 fully saturated rings. The smallest absolute Gasteiger partial charge is 0.405 e. The van der Waals surface area contributed by atoms with Gasteiger partial charge in [-0.05, 0) is 12.1 Å². The normalized spacial score (nSPS) is 12.3. The quantitative estimate of drug-likeness (QED) is 0.289. The second-order valence-electron chi connectivity index (χ2n) is 3.92. The molecule has 0 aromatic heterocycles. The second-order valence-corrected chi connectivity index (χ2v) is 3.92. The van der Waals surface area contributed by atoms with Gasteiger partial charge in [0, 0.05) is 18.7 Å². The van der Waals surface area contributed by atoms with Crippen molar-refractivity contribution in [3.05, 3.63) is 33.9 Å². The van der Waals surface area contributed by atoms with Gasteiger partial charge in [0.15, 0.2) is 5.84 Å². The minimum atomic E-state index is -4.49. The maximum Gasteiger partial charge on any atom is 0.405 e. The molecular formula is C10H11F3N4O3. The second kappa shape index (κ2) is 5.63. The first-order valence-corrected chi connectivity index (χ1v) is 5.20. The van der Waals surface area contributed by atoms with Crippen molar-refractivity contribution in [2.24, 2.45) is 10.9 Å². The van der Waals surface area contributed by atoms with Gasteiger partial charge in [-0.15, -0.1) is 0 Å². The largest absolute Gasteiger partial charge is 0.409 e. The lowest BCUT2D eigenvalue weighted by Gasteiger charge is -2.20. The summed E-state index contributed by atoms with van der Waals surface area (Å²) in [5.74, 6) is -0.377. The van der Waals surface area contributed by atoms with Gasteiger partial charge in [-0.1, -0.05) is 5.16 Å². The van der Waals surface area contributed by atoms with Crippen LogP contribution in [0.2, 0.25) is 0 Å². The van der Waals surface area contributed by atoms with E-state index in [-0.39, 0.29) is 17.1 Å². The third-order valence-electron chi connectivity index (χ3n) is 2.40. The summed E-state index contributed by atoms with van der Waals surface area (Å²) in [6.45, 7) is -1.34. The molecular weight excluding hydrogens is 281 g/mol. The fraction of sp³-hybridized carbons (Fsp3) is 0.300. The number of oxime groups is 1. The molecule has 0 heterocycles. The van der Waals surface area contributed by atoms with Crippen LogP contribution >= 0.6 is 0 Å². The van der Waals surface area contributed by atoms with E-state index >= 15 is 0 Å². The summed E-state index contributed by atoms with van der Waals surface area (Å²) in [6.07, 6.45) is -4.49. The number of halogens is 3. The van der Waals surface area contributed by atoms with Crippen LogP contribution in [0.3, 0.4) is 0 Å². The van der Waals surface area contributed by atoms with Crippen molar-refractivity contribution in [2.75, 3.05) is 18.5 Å². The number of nitro groups is 1. The number of benzene rings is 1. The lowest BCUT2D eigenvalue weighted by molar-refractivity contribution is -0.384. The van der Waals surface area contributed by atoms with E-state index in [1.807, 2.05) is 0 Å². The number of nitrogens with zero attached hydrogens (tertiary/aromatic N) is 3. The monoisotopic (exact) mass is 292 g/mol. The Morgan fingerprint density at radius 3 is 2.60 bits per heavy atom. The fourth-order valence-corrected chi connectivity index (χ4v) is 1.56. The molecule has 0 aliphatic heterocycles.